The normalized spacial score (nSPS) is 11.8. The number of fused-ring (bicyclic) bond motifs is 8. The number of para-hydroxylation sites is 2. The van der Waals surface area contributed by atoms with Crippen molar-refractivity contribution >= 4 is 82.4 Å². The van der Waals surface area contributed by atoms with E-state index in [1.165, 1.54) is 49.0 Å². The van der Waals surface area contributed by atoms with Crippen LogP contribution in [-0.4, -0.2) is 4.57 Å². The molecule has 2 heterocycles. The number of aromatic nitrogens is 1. The number of anilines is 3. The second kappa shape index (κ2) is 11.7. The summed E-state index contributed by atoms with van der Waals surface area (Å²) < 4.78 is 8.83. The number of hydrogen-bond donors (Lipinski definition) is 0. The van der Waals surface area contributed by atoms with Crippen molar-refractivity contribution in [2.45, 2.75) is 0 Å². The summed E-state index contributed by atoms with van der Waals surface area (Å²) in [6.07, 6.45) is 0. The van der Waals surface area contributed by atoms with Gasteiger partial charge in [0.1, 0.15) is 11.2 Å². The Bertz CT molecular complexity index is 3170. The van der Waals surface area contributed by atoms with Crippen molar-refractivity contribution in [3.05, 3.63) is 194 Å². The van der Waals surface area contributed by atoms with Crippen LogP contribution in [0.1, 0.15) is 0 Å². The van der Waals surface area contributed by atoms with Crippen LogP contribution in [0.15, 0.2) is 199 Å². The minimum Gasteiger partial charge on any atom is -0.456 e. The fourth-order valence-electron chi connectivity index (χ4n) is 8.17. The van der Waals surface area contributed by atoms with E-state index in [4.69, 9.17) is 4.42 Å². The zero-order valence-corrected chi connectivity index (χ0v) is 28.8. The minimum atomic E-state index is 0.880. The molecule has 0 aliphatic carbocycles. The third kappa shape index (κ3) is 4.82. The van der Waals surface area contributed by atoms with Gasteiger partial charge < -0.3 is 13.9 Å². The highest BCUT2D eigenvalue weighted by Crippen LogP contribution is 2.43. The molecule has 11 rings (SSSR count). The van der Waals surface area contributed by atoms with E-state index in [0.29, 0.717) is 0 Å². The number of rotatable bonds is 5. The van der Waals surface area contributed by atoms with Crippen LogP contribution >= 0.6 is 0 Å². The Morgan fingerprint density at radius 3 is 1.81 bits per heavy atom. The molecule has 9 aromatic carbocycles. The van der Waals surface area contributed by atoms with Crippen molar-refractivity contribution in [1.29, 1.82) is 0 Å². The Labute approximate surface area is 306 Å². The first kappa shape index (κ1) is 29.6. The fraction of sp³-hybridized carbons (Fsp3) is 0. The number of benzene rings is 9. The predicted octanol–water partition coefficient (Wildman–Crippen LogP) is 14.1. The van der Waals surface area contributed by atoms with Gasteiger partial charge in [-0.2, -0.15) is 0 Å². The summed E-state index contributed by atoms with van der Waals surface area (Å²) in [5.41, 5.74) is 10.9. The molecule has 0 aliphatic rings. The van der Waals surface area contributed by atoms with E-state index in [9.17, 15) is 0 Å². The zero-order valence-electron chi connectivity index (χ0n) is 28.8. The maximum Gasteiger partial charge on any atom is 0.136 e. The smallest absolute Gasteiger partial charge is 0.136 e. The summed E-state index contributed by atoms with van der Waals surface area (Å²) in [6, 6.07) is 69.9. The molecule has 0 spiro atoms. The molecule has 3 heteroatoms. The maximum absolute atomic E-state index is 6.45. The number of nitrogens with zero attached hydrogens (tertiary/aromatic N) is 2. The highest BCUT2D eigenvalue weighted by atomic mass is 16.3. The van der Waals surface area contributed by atoms with E-state index in [2.05, 4.69) is 204 Å². The molecule has 2 aromatic heterocycles. The summed E-state index contributed by atoms with van der Waals surface area (Å²) in [5, 5.41) is 9.45. The van der Waals surface area contributed by atoms with Crippen LogP contribution in [0, 0.1) is 0 Å². The van der Waals surface area contributed by atoms with Crippen LogP contribution in [0.2, 0.25) is 0 Å². The lowest BCUT2D eigenvalue weighted by molar-refractivity contribution is 0.669. The van der Waals surface area contributed by atoms with Crippen molar-refractivity contribution in [3.8, 4) is 16.8 Å². The lowest BCUT2D eigenvalue weighted by Crippen LogP contribution is -2.10. The molecule has 0 unspecified atom stereocenters. The van der Waals surface area contributed by atoms with Gasteiger partial charge in [0, 0.05) is 44.3 Å². The van der Waals surface area contributed by atoms with Gasteiger partial charge in [0.15, 0.2) is 0 Å². The predicted molar refractivity (Wildman–Crippen MR) is 223 cm³/mol. The Hall–Kier alpha value is -7.10. The molecular weight excluding hydrogens is 645 g/mol. The topological polar surface area (TPSA) is 21.3 Å². The molecule has 0 saturated carbocycles. The van der Waals surface area contributed by atoms with Crippen LogP contribution in [0.4, 0.5) is 17.1 Å². The largest absolute Gasteiger partial charge is 0.456 e. The van der Waals surface area contributed by atoms with E-state index in [0.717, 1.165) is 50.2 Å². The maximum atomic E-state index is 6.45. The monoisotopic (exact) mass is 676 g/mol. The SMILES string of the molecule is c1ccc(-c2ccc3cc(N(c4ccc5oc6cc7ccccc7cc6c5c4)c4ccc5c6ccccc6n(-c6ccccc6)c5c4)ccc3c2)cc1. The molecule has 0 bridgehead atoms. The first-order valence-corrected chi connectivity index (χ1v) is 18.1. The Morgan fingerprint density at radius 1 is 0.340 bits per heavy atom. The molecule has 0 aliphatic heterocycles. The van der Waals surface area contributed by atoms with Gasteiger partial charge in [0.05, 0.1) is 11.0 Å². The average molecular weight is 677 g/mol. The van der Waals surface area contributed by atoms with Crippen LogP contribution < -0.4 is 4.90 Å². The lowest BCUT2D eigenvalue weighted by Gasteiger charge is -2.26. The molecule has 248 valence electrons. The van der Waals surface area contributed by atoms with E-state index in [-0.39, 0.29) is 0 Å². The molecule has 53 heavy (non-hydrogen) atoms. The molecule has 0 fully saturated rings. The van der Waals surface area contributed by atoms with Crippen molar-refractivity contribution in [2.75, 3.05) is 4.90 Å². The standard InChI is InChI=1S/C50H32N2O/c1-3-11-33(12-4-1)36-19-20-38-28-40(22-21-37(38)27-36)51(41-24-26-49-46(31-41)45-29-34-13-7-8-14-35(34)30-50(45)53-49)42-23-25-44-43-17-9-10-18-47(43)52(48(44)32-42)39-15-5-2-6-16-39/h1-32H. The third-order valence-corrected chi connectivity index (χ3v) is 10.7. The number of hydrogen-bond acceptors (Lipinski definition) is 2. The van der Waals surface area contributed by atoms with Crippen LogP contribution in [0.25, 0.3) is 82.1 Å². The van der Waals surface area contributed by atoms with Gasteiger partial charge in [0.25, 0.3) is 0 Å². The van der Waals surface area contributed by atoms with Crippen molar-refractivity contribution in [2.24, 2.45) is 0 Å². The molecule has 0 atom stereocenters. The third-order valence-electron chi connectivity index (χ3n) is 10.7. The fourth-order valence-corrected chi connectivity index (χ4v) is 8.17. The Morgan fingerprint density at radius 2 is 0.943 bits per heavy atom. The Balaban J connectivity index is 1.14. The molecule has 0 radical (unpaired) electrons. The first-order valence-electron chi connectivity index (χ1n) is 18.1. The van der Waals surface area contributed by atoms with Gasteiger partial charge in [-0.15, -0.1) is 0 Å². The second-order valence-electron chi connectivity index (χ2n) is 13.8. The molecule has 3 nitrogen and oxygen atoms in total. The summed E-state index contributed by atoms with van der Waals surface area (Å²) in [4.78, 5) is 2.39. The second-order valence-corrected chi connectivity index (χ2v) is 13.8. The lowest BCUT2D eigenvalue weighted by atomic mass is 10.0. The van der Waals surface area contributed by atoms with Crippen molar-refractivity contribution in [1.82, 2.24) is 4.57 Å². The highest BCUT2D eigenvalue weighted by Gasteiger charge is 2.19. The van der Waals surface area contributed by atoms with E-state index in [1.807, 2.05) is 0 Å². The van der Waals surface area contributed by atoms with E-state index in [1.54, 1.807) is 0 Å². The summed E-state index contributed by atoms with van der Waals surface area (Å²) in [7, 11) is 0. The summed E-state index contributed by atoms with van der Waals surface area (Å²) in [6.45, 7) is 0. The van der Waals surface area contributed by atoms with E-state index >= 15 is 0 Å². The number of furan rings is 1. The molecule has 0 amide bonds. The molecule has 0 saturated heterocycles. The van der Waals surface area contributed by atoms with Crippen LogP contribution in [0.5, 0.6) is 0 Å². The first-order chi connectivity index (χ1) is 26.2. The quantitative estimate of drug-likeness (QED) is 0.181. The molecule has 0 N–H and O–H groups in total. The van der Waals surface area contributed by atoms with Gasteiger partial charge in [-0.1, -0.05) is 115 Å². The summed E-state index contributed by atoms with van der Waals surface area (Å²) in [5.74, 6) is 0. The Kier molecular flexibility index (Phi) is 6.55. The van der Waals surface area contributed by atoms with Crippen molar-refractivity contribution < 1.29 is 4.42 Å². The van der Waals surface area contributed by atoms with Crippen LogP contribution in [0.3, 0.4) is 0 Å². The van der Waals surface area contributed by atoms with E-state index < -0.39 is 0 Å². The summed E-state index contributed by atoms with van der Waals surface area (Å²) >= 11 is 0. The van der Waals surface area contributed by atoms with Gasteiger partial charge in [-0.25, -0.2) is 0 Å². The van der Waals surface area contributed by atoms with Crippen molar-refractivity contribution in [3.63, 3.8) is 0 Å². The van der Waals surface area contributed by atoms with Gasteiger partial charge in [0.2, 0.25) is 0 Å². The highest BCUT2D eigenvalue weighted by molar-refractivity contribution is 6.12. The van der Waals surface area contributed by atoms with Gasteiger partial charge >= 0.3 is 0 Å². The van der Waals surface area contributed by atoms with Crippen LogP contribution in [-0.2, 0) is 0 Å². The molecular formula is C50H32N2O. The minimum absolute atomic E-state index is 0.880. The average Bonchev–Trinajstić information content (AvgIpc) is 3.75. The van der Waals surface area contributed by atoms with Gasteiger partial charge in [-0.05, 0) is 112 Å². The molecule has 11 aromatic rings. The zero-order chi connectivity index (χ0) is 34.9. The van der Waals surface area contributed by atoms with Gasteiger partial charge in [-0.3, -0.25) is 0 Å².